The van der Waals surface area contributed by atoms with Crippen LogP contribution < -0.4 is 0 Å². The molecule has 2 aliphatic rings. The van der Waals surface area contributed by atoms with Crippen LogP contribution in [-0.4, -0.2) is 35.3 Å². The maximum absolute atomic E-state index is 12.8. The first-order valence-electron chi connectivity index (χ1n) is 7.90. The van der Waals surface area contributed by atoms with Crippen LogP contribution in [0.4, 0.5) is 0 Å². The third-order valence-electron chi connectivity index (χ3n) is 4.75. The molecule has 0 bridgehead atoms. The molecule has 1 atom stereocenters. The van der Waals surface area contributed by atoms with E-state index in [1.165, 1.54) is 16.0 Å². The van der Waals surface area contributed by atoms with Gasteiger partial charge in [-0.2, -0.15) is 11.3 Å². The zero-order valence-electron chi connectivity index (χ0n) is 12.5. The molecule has 3 nitrogen and oxygen atoms in total. The summed E-state index contributed by atoms with van der Waals surface area (Å²) in [5.74, 6) is 0.298. The van der Waals surface area contributed by atoms with E-state index >= 15 is 0 Å². The Labute approximate surface area is 139 Å². The van der Waals surface area contributed by atoms with Crippen LogP contribution >= 0.6 is 22.7 Å². The van der Waals surface area contributed by atoms with Crippen LogP contribution in [0, 0.1) is 0 Å². The van der Waals surface area contributed by atoms with Gasteiger partial charge < -0.3 is 4.90 Å². The molecule has 0 radical (unpaired) electrons. The van der Waals surface area contributed by atoms with E-state index in [0.717, 1.165) is 38.9 Å². The van der Waals surface area contributed by atoms with E-state index in [9.17, 15) is 4.79 Å². The van der Waals surface area contributed by atoms with Gasteiger partial charge in [-0.05, 0) is 58.7 Å². The first kappa shape index (κ1) is 14.4. The van der Waals surface area contributed by atoms with E-state index in [0.29, 0.717) is 18.5 Å². The molecular formula is C17H20N2OS2. The van der Waals surface area contributed by atoms with Gasteiger partial charge in [0.05, 0.1) is 12.6 Å². The van der Waals surface area contributed by atoms with Crippen molar-refractivity contribution in [2.45, 2.75) is 31.8 Å². The molecule has 0 unspecified atom stereocenters. The van der Waals surface area contributed by atoms with Crippen molar-refractivity contribution in [3.05, 3.63) is 44.3 Å². The Kier molecular flexibility index (Phi) is 4.03. The smallest absolute Gasteiger partial charge is 0.237 e. The van der Waals surface area contributed by atoms with Crippen molar-refractivity contribution in [3.8, 4) is 0 Å². The molecule has 2 aliphatic heterocycles. The number of rotatable bonds is 3. The zero-order chi connectivity index (χ0) is 14.9. The maximum atomic E-state index is 12.8. The molecule has 0 aliphatic carbocycles. The van der Waals surface area contributed by atoms with Crippen LogP contribution in [0.2, 0.25) is 0 Å². The lowest BCUT2D eigenvalue weighted by atomic mass is 10.1. The SMILES string of the molecule is O=C(CN1CCc2sccc2C1)N1CCC[C@H]1c1ccsc1. The average Bonchev–Trinajstić information content (AvgIpc) is 3.26. The Balaban J connectivity index is 1.42. The summed E-state index contributed by atoms with van der Waals surface area (Å²) >= 11 is 3.57. The van der Waals surface area contributed by atoms with Crippen molar-refractivity contribution >= 4 is 28.6 Å². The molecule has 2 aromatic rings. The standard InChI is InChI=1S/C17H20N2OS2/c20-17(11-18-7-3-16-13(10-18)5-9-22-16)19-6-1-2-15(19)14-4-8-21-12-14/h4-5,8-9,12,15H,1-3,6-7,10-11H2/t15-/m0/s1. The Morgan fingerprint density at radius 1 is 1.27 bits per heavy atom. The van der Waals surface area contributed by atoms with Crippen LogP contribution in [0.5, 0.6) is 0 Å². The number of nitrogens with zero attached hydrogens (tertiary/aromatic N) is 2. The minimum Gasteiger partial charge on any atom is -0.335 e. The van der Waals surface area contributed by atoms with Gasteiger partial charge in [0.1, 0.15) is 0 Å². The molecule has 4 rings (SSSR count). The number of amides is 1. The fraction of sp³-hybridized carbons (Fsp3) is 0.471. The summed E-state index contributed by atoms with van der Waals surface area (Å²) in [7, 11) is 0. The van der Waals surface area contributed by atoms with E-state index in [-0.39, 0.29) is 0 Å². The lowest BCUT2D eigenvalue weighted by Crippen LogP contribution is -2.41. The summed E-state index contributed by atoms with van der Waals surface area (Å²) in [4.78, 5) is 18.7. The lowest BCUT2D eigenvalue weighted by molar-refractivity contribution is -0.133. The molecule has 0 N–H and O–H groups in total. The van der Waals surface area contributed by atoms with Gasteiger partial charge in [0.2, 0.25) is 5.91 Å². The predicted octanol–water partition coefficient (Wildman–Crippen LogP) is 3.53. The zero-order valence-corrected chi connectivity index (χ0v) is 14.2. The van der Waals surface area contributed by atoms with Gasteiger partial charge in [-0.25, -0.2) is 0 Å². The summed E-state index contributed by atoms with van der Waals surface area (Å²) < 4.78 is 0. The third-order valence-corrected chi connectivity index (χ3v) is 6.47. The quantitative estimate of drug-likeness (QED) is 0.858. The van der Waals surface area contributed by atoms with Crippen LogP contribution in [0.3, 0.4) is 0 Å². The van der Waals surface area contributed by atoms with Crippen molar-refractivity contribution in [2.75, 3.05) is 19.6 Å². The van der Waals surface area contributed by atoms with E-state index in [4.69, 9.17) is 0 Å². The second-order valence-electron chi connectivity index (χ2n) is 6.13. The molecule has 0 saturated carbocycles. The van der Waals surface area contributed by atoms with E-state index in [2.05, 4.69) is 38.1 Å². The van der Waals surface area contributed by atoms with Crippen molar-refractivity contribution in [1.29, 1.82) is 0 Å². The first-order valence-corrected chi connectivity index (χ1v) is 9.72. The second-order valence-corrected chi connectivity index (χ2v) is 7.91. The van der Waals surface area contributed by atoms with Crippen LogP contribution in [0.1, 0.15) is 34.9 Å². The predicted molar refractivity (Wildman–Crippen MR) is 91.3 cm³/mol. The number of carbonyl (C=O) groups is 1. The molecule has 1 fully saturated rings. The normalized spacial score (nSPS) is 22.0. The topological polar surface area (TPSA) is 23.6 Å². The van der Waals surface area contributed by atoms with Gasteiger partial charge in [-0.15, -0.1) is 11.3 Å². The molecule has 2 aromatic heterocycles. The Bertz CT molecular complexity index is 649. The van der Waals surface area contributed by atoms with E-state index in [1.807, 2.05) is 11.3 Å². The maximum Gasteiger partial charge on any atom is 0.237 e. The van der Waals surface area contributed by atoms with Crippen molar-refractivity contribution in [3.63, 3.8) is 0 Å². The van der Waals surface area contributed by atoms with Crippen molar-refractivity contribution < 1.29 is 4.79 Å². The number of carbonyl (C=O) groups excluding carboxylic acids is 1. The molecule has 0 spiro atoms. The average molecular weight is 332 g/mol. The highest BCUT2D eigenvalue weighted by Crippen LogP contribution is 2.33. The van der Waals surface area contributed by atoms with E-state index < -0.39 is 0 Å². The van der Waals surface area contributed by atoms with Gasteiger partial charge >= 0.3 is 0 Å². The van der Waals surface area contributed by atoms with Gasteiger partial charge in [0.25, 0.3) is 0 Å². The number of fused-ring (bicyclic) bond motifs is 1. The van der Waals surface area contributed by atoms with Crippen molar-refractivity contribution in [1.82, 2.24) is 9.80 Å². The first-order chi connectivity index (χ1) is 10.8. The minimum absolute atomic E-state index is 0.298. The molecule has 116 valence electrons. The Morgan fingerprint density at radius 2 is 2.23 bits per heavy atom. The largest absolute Gasteiger partial charge is 0.335 e. The second kappa shape index (κ2) is 6.14. The van der Waals surface area contributed by atoms with Gasteiger partial charge in [-0.1, -0.05) is 0 Å². The highest BCUT2D eigenvalue weighted by molar-refractivity contribution is 7.10. The lowest BCUT2D eigenvalue weighted by Gasteiger charge is -2.30. The van der Waals surface area contributed by atoms with E-state index in [1.54, 1.807) is 11.3 Å². The molecule has 0 aromatic carbocycles. The van der Waals surface area contributed by atoms with Crippen LogP contribution in [-0.2, 0) is 17.8 Å². The summed E-state index contributed by atoms with van der Waals surface area (Å²) in [5.41, 5.74) is 2.73. The summed E-state index contributed by atoms with van der Waals surface area (Å²) in [5, 5.41) is 6.47. The highest BCUT2D eigenvalue weighted by Gasteiger charge is 2.31. The molecular weight excluding hydrogens is 312 g/mol. The highest BCUT2D eigenvalue weighted by atomic mass is 32.1. The molecule has 4 heterocycles. The monoisotopic (exact) mass is 332 g/mol. The Hall–Kier alpha value is -1.17. The minimum atomic E-state index is 0.298. The number of thiophene rings is 2. The molecule has 1 amide bonds. The van der Waals surface area contributed by atoms with Crippen LogP contribution in [0.15, 0.2) is 28.3 Å². The molecule has 22 heavy (non-hydrogen) atoms. The van der Waals surface area contributed by atoms with Crippen LogP contribution in [0.25, 0.3) is 0 Å². The summed E-state index contributed by atoms with van der Waals surface area (Å²) in [6.45, 7) is 3.42. The van der Waals surface area contributed by atoms with Crippen molar-refractivity contribution in [2.24, 2.45) is 0 Å². The van der Waals surface area contributed by atoms with Gasteiger partial charge in [0, 0.05) is 24.5 Å². The number of hydrogen-bond acceptors (Lipinski definition) is 4. The van der Waals surface area contributed by atoms with Gasteiger partial charge in [-0.3, -0.25) is 9.69 Å². The molecule has 1 saturated heterocycles. The summed E-state index contributed by atoms with van der Waals surface area (Å²) in [6, 6.07) is 4.68. The fourth-order valence-corrected chi connectivity index (χ4v) is 5.20. The number of hydrogen-bond donors (Lipinski definition) is 0. The molecule has 5 heteroatoms. The number of likely N-dealkylation sites (tertiary alicyclic amines) is 1. The summed E-state index contributed by atoms with van der Waals surface area (Å²) in [6.07, 6.45) is 3.33. The Morgan fingerprint density at radius 3 is 3.09 bits per heavy atom. The van der Waals surface area contributed by atoms with Gasteiger partial charge in [0.15, 0.2) is 0 Å². The third kappa shape index (κ3) is 2.73. The fourth-order valence-electron chi connectivity index (χ4n) is 3.60.